The van der Waals surface area contributed by atoms with Gasteiger partial charge in [-0.2, -0.15) is 0 Å². The minimum Gasteiger partial charge on any atom is -0.460 e. The van der Waals surface area contributed by atoms with Gasteiger partial charge in [0.25, 0.3) is 0 Å². The van der Waals surface area contributed by atoms with Gasteiger partial charge >= 0.3 is 12.1 Å². The highest BCUT2D eigenvalue weighted by Gasteiger charge is 2.35. The Morgan fingerprint density at radius 1 is 1.14 bits per heavy atom. The summed E-state index contributed by atoms with van der Waals surface area (Å²) in [7, 11) is 0. The molecule has 6 nitrogen and oxygen atoms in total. The van der Waals surface area contributed by atoms with Crippen molar-refractivity contribution < 1.29 is 23.9 Å². The first-order chi connectivity index (χ1) is 13.7. The van der Waals surface area contributed by atoms with Crippen molar-refractivity contribution in [3.05, 3.63) is 35.9 Å². The van der Waals surface area contributed by atoms with E-state index < -0.39 is 5.60 Å². The molecule has 1 aliphatic rings. The van der Waals surface area contributed by atoms with E-state index >= 15 is 0 Å². The molecule has 0 spiro atoms. The summed E-state index contributed by atoms with van der Waals surface area (Å²) in [5.41, 5.74) is 0.375. The quantitative estimate of drug-likeness (QED) is 0.639. The highest BCUT2D eigenvalue weighted by atomic mass is 32.2. The van der Waals surface area contributed by atoms with Crippen molar-refractivity contribution in [2.45, 2.75) is 52.7 Å². The number of benzene rings is 1. The normalized spacial score (nSPS) is 16.2. The summed E-state index contributed by atoms with van der Waals surface area (Å²) < 4.78 is 11.0. The van der Waals surface area contributed by atoms with Gasteiger partial charge in [0.2, 0.25) is 0 Å². The molecule has 2 rings (SSSR count). The standard InChI is InChI=1S/C22H31NO5S/c1-16(24)29-15-19(20(25)28-22(2,3)4)18-10-12-23(13-11-18)21(26)27-14-17-8-6-5-7-9-17/h5-9,18-19H,10-15H2,1-4H3. The number of ether oxygens (including phenoxy) is 2. The van der Waals surface area contributed by atoms with E-state index in [0.29, 0.717) is 31.7 Å². The summed E-state index contributed by atoms with van der Waals surface area (Å²) >= 11 is 1.16. The molecule has 0 bridgehead atoms. The Hall–Kier alpha value is -2.02. The average Bonchev–Trinajstić information content (AvgIpc) is 2.66. The fourth-order valence-corrected chi connectivity index (χ4v) is 4.10. The number of carbonyl (C=O) groups excluding carboxylic acids is 3. The Morgan fingerprint density at radius 2 is 1.76 bits per heavy atom. The third kappa shape index (κ3) is 8.09. The molecule has 0 aliphatic carbocycles. The summed E-state index contributed by atoms with van der Waals surface area (Å²) in [6, 6.07) is 9.56. The number of amides is 1. The number of rotatable bonds is 6. The maximum Gasteiger partial charge on any atom is 0.410 e. The minimum absolute atomic E-state index is 0.0134. The number of nitrogens with zero attached hydrogens (tertiary/aromatic N) is 1. The SMILES string of the molecule is CC(=O)SCC(C(=O)OC(C)(C)C)C1CCN(C(=O)OCc2ccccc2)CC1. The lowest BCUT2D eigenvalue weighted by Gasteiger charge is -2.35. The van der Waals surface area contributed by atoms with Crippen LogP contribution < -0.4 is 0 Å². The van der Waals surface area contributed by atoms with Gasteiger partial charge in [-0.25, -0.2) is 4.79 Å². The van der Waals surface area contributed by atoms with Crippen LogP contribution in [0.4, 0.5) is 4.79 Å². The second-order valence-electron chi connectivity index (χ2n) is 8.31. The van der Waals surface area contributed by atoms with Gasteiger partial charge in [0, 0.05) is 25.8 Å². The van der Waals surface area contributed by atoms with E-state index in [9.17, 15) is 14.4 Å². The maximum absolute atomic E-state index is 12.7. The zero-order chi connectivity index (χ0) is 21.4. The molecule has 0 saturated carbocycles. The minimum atomic E-state index is -0.571. The van der Waals surface area contributed by atoms with Crippen LogP contribution in [0.15, 0.2) is 30.3 Å². The second kappa shape index (κ2) is 10.7. The first-order valence-corrected chi connectivity index (χ1v) is 11.0. The van der Waals surface area contributed by atoms with Gasteiger partial charge in [0.1, 0.15) is 12.2 Å². The maximum atomic E-state index is 12.7. The molecule has 160 valence electrons. The van der Waals surface area contributed by atoms with Gasteiger partial charge in [-0.1, -0.05) is 42.1 Å². The van der Waals surface area contributed by atoms with E-state index in [1.807, 2.05) is 51.1 Å². The molecular formula is C22H31NO5S. The number of likely N-dealkylation sites (tertiary alicyclic amines) is 1. The van der Waals surface area contributed by atoms with Crippen molar-refractivity contribution >= 4 is 28.9 Å². The fourth-order valence-electron chi connectivity index (χ4n) is 3.28. The van der Waals surface area contributed by atoms with Gasteiger partial charge in [0.15, 0.2) is 5.12 Å². The van der Waals surface area contributed by atoms with Crippen LogP contribution in [0.25, 0.3) is 0 Å². The largest absolute Gasteiger partial charge is 0.460 e. The summed E-state index contributed by atoms with van der Waals surface area (Å²) in [6.07, 6.45) is 1.03. The Bertz CT molecular complexity index is 693. The van der Waals surface area contributed by atoms with E-state index in [2.05, 4.69) is 0 Å². The zero-order valence-corrected chi connectivity index (χ0v) is 18.5. The third-order valence-electron chi connectivity index (χ3n) is 4.75. The number of thioether (sulfide) groups is 1. The Balaban J connectivity index is 1.89. The summed E-state index contributed by atoms with van der Waals surface area (Å²) in [6.45, 7) is 8.32. The number of carbonyl (C=O) groups is 3. The molecule has 1 heterocycles. The lowest BCUT2D eigenvalue weighted by atomic mass is 9.85. The molecule has 0 N–H and O–H groups in total. The van der Waals surface area contributed by atoms with Crippen molar-refractivity contribution in [3.8, 4) is 0 Å². The van der Waals surface area contributed by atoms with E-state index in [1.165, 1.54) is 6.92 Å². The molecule has 1 aliphatic heterocycles. The lowest BCUT2D eigenvalue weighted by Crippen LogP contribution is -2.43. The predicted octanol–water partition coefficient (Wildman–Crippen LogP) is 4.27. The molecule has 0 radical (unpaired) electrons. The molecule has 1 unspecified atom stereocenters. The average molecular weight is 422 g/mol. The van der Waals surface area contributed by atoms with Crippen molar-refractivity contribution in [2.24, 2.45) is 11.8 Å². The summed E-state index contributed by atoms with van der Waals surface area (Å²) in [5.74, 6) is -0.135. The monoisotopic (exact) mass is 421 g/mol. The number of hydrogen-bond donors (Lipinski definition) is 0. The molecule has 1 saturated heterocycles. The molecule has 29 heavy (non-hydrogen) atoms. The van der Waals surface area contributed by atoms with Crippen molar-refractivity contribution in [1.29, 1.82) is 0 Å². The van der Waals surface area contributed by atoms with Crippen LogP contribution >= 0.6 is 11.8 Å². The van der Waals surface area contributed by atoms with E-state index in [-0.39, 0.29) is 35.6 Å². The second-order valence-corrected chi connectivity index (χ2v) is 9.50. The first-order valence-electron chi connectivity index (χ1n) is 9.97. The Kier molecular flexibility index (Phi) is 8.56. The Labute approximate surface area is 177 Å². The Morgan fingerprint density at radius 3 is 2.31 bits per heavy atom. The highest BCUT2D eigenvalue weighted by molar-refractivity contribution is 8.13. The smallest absolute Gasteiger partial charge is 0.410 e. The van der Waals surface area contributed by atoms with Crippen LogP contribution in [0.5, 0.6) is 0 Å². The number of piperidine rings is 1. The van der Waals surface area contributed by atoms with E-state index in [0.717, 1.165) is 17.3 Å². The number of hydrogen-bond acceptors (Lipinski definition) is 6. The molecule has 1 aromatic carbocycles. The van der Waals surface area contributed by atoms with Crippen LogP contribution in [-0.4, -0.2) is 46.5 Å². The first kappa shape index (κ1) is 23.3. The third-order valence-corrected chi connectivity index (χ3v) is 5.68. The molecular weight excluding hydrogens is 390 g/mol. The fraction of sp³-hybridized carbons (Fsp3) is 0.591. The van der Waals surface area contributed by atoms with Gasteiger partial charge in [-0.05, 0) is 45.1 Å². The van der Waals surface area contributed by atoms with Gasteiger partial charge in [0.05, 0.1) is 5.92 Å². The highest BCUT2D eigenvalue weighted by Crippen LogP contribution is 2.30. The van der Waals surface area contributed by atoms with Gasteiger partial charge in [-0.15, -0.1) is 0 Å². The van der Waals surface area contributed by atoms with E-state index in [4.69, 9.17) is 9.47 Å². The van der Waals surface area contributed by atoms with Crippen LogP contribution in [0, 0.1) is 11.8 Å². The summed E-state index contributed by atoms with van der Waals surface area (Å²) in [5, 5.41) is -0.0134. The predicted molar refractivity (Wildman–Crippen MR) is 113 cm³/mol. The van der Waals surface area contributed by atoms with Crippen LogP contribution in [0.1, 0.15) is 46.1 Å². The van der Waals surface area contributed by atoms with Crippen molar-refractivity contribution in [2.75, 3.05) is 18.8 Å². The number of esters is 1. The van der Waals surface area contributed by atoms with Crippen LogP contribution in [0.3, 0.4) is 0 Å². The molecule has 1 aromatic rings. The van der Waals surface area contributed by atoms with Crippen LogP contribution in [0.2, 0.25) is 0 Å². The summed E-state index contributed by atoms with van der Waals surface area (Å²) in [4.78, 5) is 38.1. The molecule has 0 aromatic heterocycles. The van der Waals surface area contributed by atoms with Crippen LogP contribution in [-0.2, 0) is 25.7 Å². The molecule has 1 amide bonds. The molecule has 7 heteroatoms. The topological polar surface area (TPSA) is 72.9 Å². The lowest BCUT2D eigenvalue weighted by molar-refractivity contribution is -0.161. The van der Waals surface area contributed by atoms with Crippen molar-refractivity contribution in [1.82, 2.24) is 4.90 Å². The van der Waals surface area contributed by atoms with E-state index in [1.54, 1.807) is 4.90 Å². The van der Waals surface area contributed by atoms with Gasteiger partial charge < -0.3 is 14.4 Å². The molecule has 1 fully saturated rings. The molecule has 1 atom stereocenters. The zero-order valence-electron chi connectivity index (χ0n) is 17.7. The van der Waals surface area contributed by atoms with Crippen molar-refractivity contribution in [3.63, 3.8) is 0 Å². The van der Waals surface area contributed by atoms with Gasteiger partial charge in [-0.3, -0.25) is 9.59 Å².